The van der Waals surface area contributed by atoms with Gasteiger partial charge in [-0.1, -0.05) is 6.07 Å². The van der Waals surface area contributed by atoms with Gasteiger partial charge in [-0.25, -0.2) is 9.97 Å². The number of rotatable bonds is 5. The zero-order valence-corrected chi connectivity index (χ0v) is 11.2. The number of hydrogen-bond acceptors (Lipinski definition) is 6. The van der Waals surface area contributed by atoms with E-state index in [1.807, 2.05) is 0 Å². The number of nitrogens with one attached hydrogen (secondary N) is 2. The summed E-state index contributed by atoms with van der Waals surface area (Å²) in [5, 5.41) is 16.3. The van der Waals surface area contributed by atoms with Crippen molar-refractivity contribution in [1.29, 1.82) is 0 Å². The Bertz CT molecular complexity index is 660. The molecular formula is C13H13N5O3. The van der Waals surface area contributed by atoms with Crippen LogP contribution in [0.15, 0.2) is 36.8 Å². The number of hydrogen-bond donors (Lipinski definition) is 2. The number of nitro benzene ring substituents is 1. The van der Waals surface area contributed by atoms with Crippen molar-refractivity contribution in [2.75, 3.05) is 12.4 Å². The van der Waals surface area contributed by atoms with Crippen LogP contribution in [0.5, 0.6) is 0 Å². The quantitative estimate of drug-likeness (QED) is 0.634. The number of carbonyl (C=O) groups is 1. The maximum absolute atomic E-state index is 12.2. The third-order valence-electron chi connectivity index (χ3n) is 2.81. The SMILES string of the molecule is CNc1c(C(=O)NCc2ccncn2)cccc1[N+](=O)[O-]. The first kappa shape index (κ1) is 14.4. The molecule has 0 aliphatic rings. The molecule has 1 heterocycles. The first-order valence-electron chi connectivity index (χ1n) is 6.11. The second-order valence-electron chi connectivity index (χ2n) is 4.09. The minimum Gasteiger partial charge on any atom is -0.382 e. The summed E-state index contributed by atoms with van der Waals surface area (Å²) in [7, 11) is 1.53. The van der Waals surface area contributed by atoms with Gasteiger partial charge in [-0.15, -0.1) is 0 Å². The predicted molar refractivity (Wildman–Crippen MR) is 75.8 cm³/mol. The molecule has 0 saturated heterocycles. The van der Waals surface area contributed by atoms with E-state index in [0.717, 1.165) is 0 Å². The van der Waals surface area contributed by atoms with E-state index >= 15 is 0 Å². The summed E-state index contributed by atoms with van der Waals surface area (Å²) in [4.78, 5) is 30.3. The largest absolute Gasteiger partial charge is 0.382 e. The molecule has 8 nitrogen and oxygen atoms in total. The van der Waals surface area contributed by atoms with Crippen LogP contribution in [0, 0.1) is 10.1 Å². The van der Waals surface area contributed by atoms with Gasteiger partial charge in [0.15, 0.2) is 0 Å². The van der Waals surface area contributed by atoms with Crippen molar-refractivity contribution in [1.82, 2.24) is 15.3 Å². The molecule has 21 heavy (non-hydrogen) atoms. The maximum atomic E-state index is 12.2. The fourth-order valence-corrected chi connectivity index (χ4v) is 1.83. The topological polar surface area (TPSA) is 110 Å². The lowest BCUT2D eigenvalue weighted by molar-refractivity contribution is -0.384. The first-order valence-corrected chi connectivity index (χ1v) is 6.11. The molecule has 2 N–H and O–H groups in total. The Morgan fingerprint density at radius 2 is 2.19 bits per heavy atom. The molecule has 108 valence electrons. The van der Waals surface area contributed by atoms with Gasteiger partial charge < -0.3 is 10.6 Å². The Hall–Kier alpha value is -3.03. The smallest absolute Gasteiger partial charge is 0.293 e. The van der Waals surface area contributed by atoms with E-state index in [-0.39, 0.29) is 23.5 Å². The Morgan fingerprint density at radius 1 is 1.38 bits per heavy atom. The van der Waals surface area contributed by atoms with Crippen LogP contribution >= 0.6 is 0 Å². The normalized spacial score (nSPS) is 9.95. The van der Waals surface area contributed by atoms with Crippen molar-refractivity contribution in [2.24, 2.45) is 0 Å². The predicted octanol–water partition coefficient (Wildman–Crippen LogP) is 1.36. The summed E-state index contributed by atoms with van der Waals surface area (Å²) in [5.41, 5.74) is 0.894. The molecule has 2 rings (SSSR count). The number of carbonyl (C=O) groups excluding carboxylic acids is 1. The van der Waals surface area contributed by atoms with Crippen molar-refractivity contribution in [3.63, 3.8) is 0 Å². The van der Waals surface area contributed by atoms with Crippen LogP contribution in [0.3, 0.4) is 0 Å². The molecule has 1 aromatic carbocycles. The van der Waals surface area contributed by atoms with Gasteiger partial charge in [0, 0.05) is 19.3 Å². The van der Waals surface area contributed by atoms with Crippen LogP contribution in [-0.2, 0) is 6.54 Å². The number of para-hydroxylation sites is 1. The third kappa shape index (κ3) is 3.30. The van der Waals surface area contributed by atoms with Gasteiger partial charge in [0.25, 0.3) is 11.6 Å². The Morgan fingerprint density at radius 3 is 2.81 bits per heavy atom. The van der Waals surface area contributed by atoms with E-state index < -0.39 is 10.8 Å². The number of amides is 1. The maximum Gasteiger partial charge on any atom is 0.293 e. The molecule has 0 unspecified atom stereocenters. The standard InChI is InChI=1S/C13H13N5O3/c1-14-12-10(3-2-4-11(12)18(20)21)13(19)16-7-9-5-6-15-8-17-9/h2-6,8,14H,7H2,1H3,(H,16,19). The lowest BCUT2D eigenvalue weighted by atomic mass is 10.1. The highest BCUT2D eigenvalue weighted by Crippen LogP contribution is 2.27. The van der Waals surface area contributed by atoms with Crippen LogP contribution < -0.4 is 10.6 Å². The molecule has 8 heteroatoms. The lowest BCUT2D eigenvalue weighted by Crippen LogP contribution is -2.24. The molecule has 2 aromatic rings. The van der Waals surface area contributed by atoms with E-state index in [1.165, 1.54) is 31.6 Å². The van der Waals surface area contributed by atoms with E-state index in [4.69, 9.17) is 0 Å². The van der Waals surface area contributed by atoms with Gasteiger partial charge in [0.05, 0.1) is 22.7 Å². The second kappa shape index (κ2) is 6.42. The molecule has 1 amide bonds. The second-order valence-corrected chi connectivity index (χ2v) is 4.09. The minimum atomic E-state index is -0.535. The summed E-state index contributed by atoms with van der Waals surface area (Å²) < 4.78 is 0. The number of anilines is 1. The van der Waals surface area contributed by atoms with Gasteiger partial charge in [-0.3, -0.25) is 14.9 Å². The summed E-state index contributed by atoms with van der Waals surface area (Å²) in [6.45, 7) is 0.215. The zero-order chi connectivity index (χ0) is 15.2. The summed E-state index contributed by atoms with van der Waals surface area (Å²) in [5.74, 6) is -0.415. The van der Waals surface area contributed by atoms with Crippen molar-refractivity contribution >= 4 is 17.3 Å². The van der Waals surface area contributed by atoms with E-state index in [1.54, 1.807) is 12.3 Å². The van der Waals surface area contributed by atoms with Crippen LogP contribution in [0.1, 0.15) is 16.1 Å². The molecule has 0 aliphatic carbocycles. The van der Waals surface area contributed by atoms with Crippen molar-refractivity contribution in [3.8, 4) is 0 Å². The molecule has 0 aliphatic heterocycles. The first-order chi connectivity index (χ1) is 10.1. The Balaban J connectivity index is 2.19. The highest BCUT2D eigenvalue weighted by Gasteiger charge is 2.20. The highest BCUT2D eigenvalue weighted by atomic mass is 16.6. The van der Waals surface area contributed by atoms with Crippen molar-refractivity contribution < 1.29 is 9.72 Å². The molecule has 0 fully saturated rings. The Kier molecular flexibility index (Phi) is 4.39. The molecule has 0 atom stereocenters. The van der Waals surface area contributed by atoms with Crippen LogP contribution in [0.2, 0.25) is 0 Å². The van der Waals surface area contributed by atoms with Gasteiger partial charge in [0.1, 0.15) is 12.0 Å². The monoisotopic (exact) mass is 287 g/mol. The number of aromatic nitrogens is 2. The molecule has 0 spiro atoms. The number of benzene rings is 1. The average Bonchev–Trinajstić information content (AvgIpc) is 2.52. The van der Waals surface area contributed by atoms with Crippen molar-refractivity contribution in [3.05, 3.63) is 58.2 Å². The van der Waals surface area contributed by atoms with E-state index in [0.29, 0.717) is 5.69 Å². The van der Waals surface area contributed by atoms with E-state index in [9.17, 15) is 14.9 Å². The van der Waals surface area contributed by atoms with Gasteiger partial charge in [-0.05, 0) is 12.1 Å². The molecule has 0 bridgehead atoms. The molecular weight excluding hydrogens is 274 g/mol. The number of nitro groups is 1. The highest BCUT2D eigenvalue weighted by molar-refractivity contribution is 6.01. The molecule has 0 radical (unpaired) electrons. The van der Waals surface area contributed by atoms with Crippen LogP contribution in [0.25, 0.3) is 0 Å². The molecule has 1 aromatic heterocycles. The van der Waals surface area contributed by atoms with Crippen LogP contribution in [-0.4, -0.2) is 27.8 Å². The third-order valence-corrected chi connectivity index (χ3v) is 2.81. The molecule has 0 saturated carbocycles. The fourth-order valence-electron chi connectivity index (χ4n) is 1.83. The van der Waals surface area contributed by atoms with Crippen molar-refractivity contribution in [2.45, 2.75) is 6.54 Å². The summed E-state index contributed by atoms with van der Waals surface area (Å²) in [6, 6.07) is 6.01. The Labute approximate surface area is 120 Å². The van der Waals surface area contributed by atoms with E-state index in [2.05, 4.69) is 20.6 Å². The summed E-state index contributed by atoms with van der Waals surface area (Å²) in [6.07, 6.45) is 2.95. The lowest BCUT2D eigenvalue weighted by Gasteiger charge is -2.09. The van der Waals surface area contributed by atoms with Gasteiger partial charge >= 0.3 is 0 Å². The zero-order valence-electron chi connectivity index (χ0n) is 11.2. The van der Waals surface area contributed by atoms with Crippen LogP contribution in [0.4, 0.5) is 11.4 Å². The van der Waals surface area contributed by atoms with Gasteiger partial charge in [0.2, 0.25) is 0 Å². The number of nitrogens with zero attached hydrogens (tertiary/aromatic N) is 3. The average molecular weight is 287 g/mol. The van der Waals surface area contributed by atoms with Gasteiger partial charge in [-0.2, -0.15) is 0 Å². The summed E-state index contributed by atoms with van der Waals surface area (Å²) >= 11 is 0. The fraction of sp³-hybridized carbons (Fsp3) is 0.154. The minimum absolute atomic E-state index is 0.146.